The molecule has 1 amide bonds. The van der Waals surface area contributed by atoms with Crippen LogP contribution in [0.3, 0.4) is 0 Å². The SMILES string of the molecule is N#Cc1ccc(Oc2ccc(NC(=O)c3ccccc3C(=O)O)cc2)cc1. The third-order valence-corrected chi connectivity index (χ3v) is 3.73. The van der Waals surface area contributed by atoms with Gasteiger partial charge in [-0.15, -0.1) is 0 Å². The normalized spacial score (nSPS) is 9.89. The Bertz CT molecular complexity index is 1020. The molecule has 0 aliphatic heterocycles. The average molecular weight is 358 g/mol. The molecule has 0 aliphatic carbocycles. The topological polar surface area (TPSA) is 99.4 Å². The van der Waals surface area contributed by atoms with Crippen molar-refractivity contribution >= 4 is 17.6 Å². The van der Waals surface area contributed by atoms with Crippen LogP contribution in [0.2, 0.25) is 0 Å². The second-order valence-corrected chi connectivity index (χ2v) is 5.57. The molecule has 2 N–H and O–H groups in total. The van der Waals surface area contributed by atoms with Crippen LogP contribution in [0.25, 0.3) is 0 Å². The molecule has 0 unspecified atom stereocenters. The molecule has 0 saturated heterocycles. The van der Waals surface area contributed by atoms with Gasteiger partial charge in [0.15, 0.2) is 0 Å². The quantitative estimate of drug-likeness (QED) is 0.708. The molecule has 27 heavy (non-hydrogen) atoms. The van der Waals surface area contributed by atoms with Crippen LogP contribution in [0.1, 0.15) is 26.3 Å². The molecule has 3 rings (SSSR count). The highest BCUT2D eigenvalue weighted by Crippen LogP contribution is 2.23. The summed E-state index contributed by atoms with van der Waals surface area (Å²) in [5, 5.41) is 20.6. The number of anilines is 1. The van der Waals surface area contributed by atoms with Crippen molar-refractivity contribution in [3.63, 3.8) is 0 Å². The second-order valence-electron chi connectivity index (χ2n) is 5.57. The number of carbonyl (C=O) groups excluding carboxylic acids is 1. The van der Waals surface area contributed by atoms with Gasteiger partial charge in [0.2, 0.25) is 0 Å². The van der Waals surface area contributed by atoms with Gasteiger partial charge >= 0.3 is 5.97 Å². The molecular formula is C21H14N2O4. The predicted octanol–water partition coefficient (Wildman–Crippen LogP) is 4.30. The number of nitriles is 1. The first-order chi connectivity index (χ1) is 13.1. The van der Waals surface area contributed by atoms with E-state index in [1.165, 1.54) is 12.1 Å². The van der Waals surface area contributed by atoms with Crippen molar-refractivity contribution in [1.29, 1.82) is 5.26 Å². The Morgan fingerprint density at radius 1 is 0.852 bits per heavy atom. The predicted molar refractivity (Wildman–Crippen MR) is 99.0 cm³/mol. The molecule has 0 saturated carbocycles. The molecule has 0 atom stereocenters. The number of carboxylic acids is 1. The van der Waals surface area contributed by atoms with E-state index < -0.39 is 11.9 Å². The summed E-state index contributed by atoms with van der Waals surface area (Å²) in [7, 11) is 0. The zero-order valence-corrected chi connectivity index (χ0v) is 14.0. The van der Waals surface area contributed by atoms with Crippen molar-refractivity contribution in [3.05, 3.63) is 89.5 Å². The maximum Gasteiger partial charge on any atom is 0.336 e. The van der Waals surface area contributed by atoms with Gasteiger partial charge in [0.25, 0.3) is 5.91 Å². The minimum Gasteiger partial charge on any atom is -0.478 e. The maximum absolute atomic E-state index is 12.3. The molecule has 0 heterocycles. The number of ether oxygens (including phenoxy) is 1. The van der Waals surface area contributed by atoms with Gasteiger partial charge in [0, 0.05) is 5.69 Å². The summed E-state index contributed by atoms with van der Waals surface area (Å²) in [5.41, 5.74) is 1.08. The number of hydrogen-bond donors (Lipinski definition) is 2. The molecular weight excluding hydrogens is 344 g/mol. The van der Waals surface area contributed by atoms with E-state index in [-0.39, 0.29) is 11.1 Å². The number of benzene rings is 3. The first-order valence-corrected chi connectivity index (χ1v) is 7.98. The minimum atomic E-state index is -1.16. The van der Waals surface area contributed by atoms with Crippen molar-refractivity contribution in [2.24, 2.45) is 0 Å². The maximum atomic E-state index is 12.3. The Morgan fingerprint density at radius 3 is 1.96 bits per heavy atom. The molecule has 0 spiro atoms. The number of rotatable bonds is 5. The van der Waals surface area contributed by atoms with Gasteiger partial charge in [-0.1, -0.05) is 12.1 Å². The van der Waals surface area contributed by atoms with Gasteiger partial charge in [-0.05, 0) is 60.7 Å². The molecule has 6 nitrogen and oxygen atoms in total. The van der Waals surface area contributed by atoms with Gasteiger partial charge in [-0.3, -0.25) is 4.79 Å². The molecule has 0 aromatic heterocycles. The molecule has 132 valence electrons. The minimum absolute atomic E-state index is 0.0595. The third-order valence-electron chi connectivity index (χ3n) is 3.73. The summed E-state index contributed by atoms with van der Waals surface area (Å²) in [4.78, 5) is 23.6. The number of nitrogens with zero attached hydrogens (tertiary/aromatic N) is 1. The fourth-order valence-electron chi connectivity index (χ4n) is 2.41. The van der Waals surface area contributed by atoms with Crippen molar-refractivity contribution in [2.45, 2.75) is 0 Å². The zero-order valence-electron chi connectivity index (χ0n) is 14.0. The van der Waals surface area contributed by atoms with Crippen LogP contribution >= 0.6 is 0 Å². The summed E-state index contributed by atoms with van der Waals surface area (Å²) in [6.07, 6.45) is 0. The molecule has 3 aromatic carbocycles. The summed E-state index contributed by atoms with van der Waals surface area (Å²) in [6, 6.07) is 21.4. The van der Waals surface area contributed by atoms with Crippen molar-refractivity contribution in [3.8, 4) is 17.6 Å². The highest BCUT2D eigenvalue weighted by Gasteiger charge is 2.15. The van der Waals surface area contributed by atoms with E-state index in [4.69, 9.17) is 10.00 Å². The van der Waals surface area contributed by atoms with Crippen LogP contribution in [-0.4, -0.2) is 17.0 Å². The lowest BCUT2D eigenvalue weighted by atomic mass is 10.1. The number of carbonyl (C=O) groups is 2. The Kier molecular flexibility index (Phi) is 5.15. The van der Waals surface area contributed by atoms with Crippen molar-refractivity contribution < 1.29 is 19.4 Å². The molecule has 0 radical (unpaired) electrons. The van der Waals surface area contributed by atoms with Crippen LogP contribution in [-0.2, 0) is 0 Å². The van der Waals surface area contributed by atoms with Crippen molar-refractivity contribution in [2.75, 3.05) is 5.32 Å². The molecule has 0 aliphatic rings. The highest BCUT2D eigenvalue weighted by molar-refractivity contribution is 6.10. The Labute approximate surface area is 155 Å². The molecule has 0 bridgehead atoms. The van der Waals surface area contributed by atoms with Crippen LogP contribution in [0.4, 0.5) is 5.69 Å². The first kappa shape index (κ1) is 17.7. The van der Waals surface area contributed by atoms with Crippen LogP contribution in [0.15, 0.2) is 72.8 Å². The van der Waals surface area contributed by atoms with E-state index in [0.29, 0.717) is 22.7 Å². The van der Waals surface area contributed by atoms with Crippen LogP contribution in [0.5, 0.6) is 11.5 Å². The molecule has 6 heteroatoms. The fraction of sp³-hybridized carbons (Fsp3) is 0. The smallest absolute Gasteiger partial charge is 0.336 e. The van der Waals surface area contributed by atoms with E-state index >= 15 is 0 Å². The van der Waals surface area contributed by atoms with E-state index in [9.17, 15) is 14.7 Å². The lowest BCUT2D eigenvalue weighted by Gasteiger charge is -2.09. The summed E-state index contributed by atoms with van der Waals surface area (Å²) < 4.78 is 5.67. The van der Waals surface area contributed by atoms with E-state index in [1.807, 2.05) is 6.07 Å². The Balaban J connectivity index is 1.69. The van der Waals surface area contributed by atoms with E-state index in [0.717, 1.165) is 0 Å². The van der Waals surface area contributed by atoms with Crippen molar-refractivity contribution in [1.82, 2.24) is 0 Å². The first-order valence-electron chi connectivity index (χ1n) is 7.98. The number of amides is 1. The lowest BCUT2D eigenvalue weighted by molar-refractivity contribution is 0.0692. The average Bonchev–Trinajstić information content (AvgIpc) is 2.70. The zero-order chi connectivity index (χ0) is 19.2. The van der Waals surface area contributed by atoms with Gasteiger partial charge in [-0.2, -0.15) is 5.26 Å². The molecule has 3 aromatic rings. The monoisotopic (exact) mass is 358 g/mol. The van der Waals surface area contributed by atoms with E-state index in [1.54, 1.807) is 60.7 Å². The van der Waals surface area contributed by atoms with Gasteiger partial charge < -0.3 is 15.2 Å². The third kappa shape index (κ3) is 4.30. The lowest BCUT2D eigenvalue weighted by Crippen LogP contribution is -2.16. The molecule has 0 fully saturated rings. The van der Waals surface area contributed by atoms with Gasteiger partial charge in [0.1, 0.15) is 11.5 Å². The Morgan fingerprint density at radius 2 is 1.41 bits per heavy atom. The number of nitrogens with one attached hydrogen (secondary N) is 1. The second kappa shape index (κ2) is 7.85. The largest absolute Gasteiger partial charge is 0.478 e. The standard InChI is InChI=1S/C21H14N2O4/c22-13-14-5-9-16(10-6-14)27-17-11-7-15(8-12-17)23-20(24)18-3-1-2-4-19(18)21(25)26/h1-12H,(H,23,24)(H,25,26). The number of carboxylic acid groups (broad SMARTS) is 1. The van der Waals surface area contributed by atoms with Gasteiger partial charge in [0.05, 0.1) is 22.8 Å². The van der Waals surface area contributed by atoms with Crippen LogP contribution < -0.4 is 10.1 Å². The van der Waals surface area contributed by atoms with E-state index in [2.05, 4.69) is 5.32 Å². The summed E-state index contributed by atoms with van der Waals surface area (Å²) in [6.45, 7) is 0. The highest BCUT2D eigenvalue weighted by atomic mass is 16.5. The summed E-state index contributed by atoms with van der Waals surface area (Å²) >= 11 is 0. The number of hydrogen-bond acceptors (Lipinski definition) is 4. The van der Waals surface area contributed by atoms with Gasteiger partial charge in [-0.25, -0.2) is 4.79 Å². The number of aromatic carboxylic acids is 1. The fourth-order valence-corrected chi connectivity index (χ4v) is 2.41. The summed E-state index contributed by atoms with van der Waals surface area (Å²) in [5.74, 6) is -0.523. The van der Waals surface area contributed by atoms with Crippen LogP contribution in [0, 0.1) is 11.3 Å². The Hall–Kier alpha value is -4.11.